The van der Waals surface area contributed by atoms with E-state index in [2.05, 4.69) is 39.5 Å². The van der Waals surface area contributed by atoms with Crippen molar-refractivity contribution in [3.05, 3.63) is 29.8 Å². The third-order valence-corrected chi connectivity index (χ3v) is 4.10. The van der Waals surface area contributed by atoms with Crippen LogP contribution in [0.25, 0.3) is 5.69 Å². The van der Waals surface area contributed by atoms with Gasteiger partial charge in [0.25, 0.3) is 0 Å². The Morgan fingerprint density at radius 1 is 1.13 bits per heavy atom. The fourth-order valence-electron chi connectivity index (χ4n) is 2.75. The van der Waals surface area contributed by atoms with Gasteiger partial charge >= 0.3 is 0 Å². The minimum absolute atomic E-state index is 0.296. The summed E-state index contributed by atoms with van der Waals surface area (Å²) in [6.07, 6.45) is 2.25. The van der Waals surface area contributed by atoms with E-state index in [0.29, 0.717) is 19.3 Å². The largest absolute Gasteiger partial charge is 0.382 e. The van der Waals surface area contributed by atoms with Crippen LogP contribution in [0.5, 0.6) is 0 Å². The molecule has 1 fully saturated rings. The van der Waals surface area contributed by atoms with Crippen LogP contribution in [-0.4, -0.2) is 59.7 Å². The Kier molecular flexibility index (Phi) is 5.19. The van der Waals surface area contributed by atoms with Crippen LogP contribution in [0.3, 0.4) is 0 Å². The maximum Gasteiger partial charge on any atom is 0.250 e. The van der Waals surface area contributed by atoms with Crippen LogP contribution in [0.2, 0.25) is 0 Å². The molecule has 1 aromatic carbocycles. The van der Waals surface area contributed by atoms with Gasteiger partial charge in [-0.15, -0.1) is 0 Å². The average Bonchev–Trinajstić information content (AvgIpc) is 3.06. The highest BCUT2D eigenvalue weighted by Gasteiger charge is 2.24. The van der Waals surface area contributed by atoms with E-state index in [9.17, 15) is 0 Å². The van der Waals surface area contributed by atoms with Gasteiger partial charge in [-0.2, -0.15) is 4.68 Å². The number of piperidine rings is 1. The molecule has 0 radical (unpaired) electrons. The maximum absolute atomic E-state index is 5.81. The monoisotopic (exact) mass is 317 g/mol. The summed E-state index contributed by atoms with van der Waals surface area (Å²) in [5.41, 5.74) is 2.20. The van der Waals surface area contributed by atoms with Crippen LogP contribution in [0.4, 0.5) is 5.95 Å². The number of nitrogens with zero attached hydrogens (tertiary/aromatic N) is 5. The second kappa shape index (κ2) is 7.52. The summed E-state index contributed by atoms with van der Waals surface area (Å²) in [5, 5.41) is 12.2. The SMILES string of the molecule is COCCOC1CCN(c2nnnn2-c2ccc(C)cc2)CC1. The molecule has 1 aromatic heterocycles. The molecule has 3 rings (SSSR count). The zero-order valence-electron chi connectivity index (χ0n) is 13.7. The molecule has 0 N–H and O–H groups in total. The van der Waals surface area contributed by atoms with E-state index in [1.807, 2.05) is 12.1 Å². The van der Waals surface area contributed by atoms with E-state index in [1.165, 1.54) is 5.56 Å². The Morgan fingerprint density at radius 3 is 2.57 bits per heavy atom. The van der Waals surface area contributed by atoms with Crippen molar-refractivity contribution in [2.24, 2.45) is 0 Å². The summed E-state index contributed by atoms with van der Waals surface area (Å²) in [7, 11) is 1.69. The topological polar surface area (TPSA) is 65.3 Å². The zero-order chi connectivity index (χ0) is 16.1. The van der Waals surface area contributed by atoms with Gasteiger partial charge in [0.15, 0.2) is 0 Å². The number of benzene rings is 1. The second-order valence-corrected chi connectivity index (χ2v) is 5.78. The Bertz CT molecular complexity index is 605. The molecule has 2 heterocycles. The van der Waals surface area contributed by atoms with Crippen LogP contribution in [0, 0.1) is 6.92 Å². The number of rotatable bonds is 6. The summed E-state index contributed by atoms with van der Waals surface area (Å²) in [6.45, 7) is 5.15. The first-order valence-corrected chi connectivity index (χ1v) is 7.99. The molecule has 0 spiro atoms. The molecule has 0 amide bonds. The number of hydrogen-bond acceptors (Lipinski definition) is 6. The third-order valence-electron chi connectivity index (χ3n) is 4.10. The predicted octanol–water partition coefficient (Wildman–Crippen LogP) is 1.60. The molecule has 0 aliphatic carbocycles. The number of anilines is 1. The van der Waals surface area contributed by atoms with Crippen molar-refractivity contribution in [3.63, 3.8) is 0 Å². The van der Waals surface area contributed by atoms with E-state index in [-0.39, 0.29) is 0 Å². The van der Waals surface area contributed by atoms with Gasteiger partial charge in [0.05, 0.1) is 25.0 Å². The van der Waals surface area contributed by atoms with Crippen LogP contribution in [0.1, 0.15) is 18.4 Å². The smallest absolute Gasteiger partial charge is 0.250 e. The number of aromatic nitrogens is 4. The molecular weight excluding hydrogens is 294 g/mol. The second-order valence-electron chi connectivity index (χ2n) is 5.78. The Hall–Kier alpha value is -1.99. The number of hydrogen-bond donors (Lipinski definition) is 0. The van der Waals surface area contributed by atoms with E-state index < -0.39 is 0 Å². The molecule has 0 unspecified atom stereocenters. The fourth-order valence-corrected chi connectivity index (χ4v) is 2.75. The average molecular weight is 317 g/mol. The normalized spacial score (nSPS) is 16.0. The lowest BCUT2D eigenvalue weighted by atomic mass is 10.1. The number of aryl methyl sites for hydroxylation is 1. The van der Waals surface area contributed by atoms with Crippen LogP contribution in [0.15, 0.2) is 24.3 Å². The molecule has 1 aliphatic heterocycles. The Morgan fingerprint density at radius 2 is 1.87 bits per heavy atom. The van der Waals surface area contributed by atoms with Gasteiger partial charge in [-0.05, 0) is 42.3 Å². The summed E-state index contributed by atoms with van der Waals surface area (Å²) < 4.78 is 12.6. The van der Waals surface area contributed by atoms with E-state index in [4.69, 9.17) is 9.47 Å². The maximum atomic E-state index is 5.81. The number of methoxy groups -OCH3 is 1. The van der Waals surface area contributed by atoms with Gasteiger partial charge < -0.3 is 14.4 Å². The molecule has 1 aliphatic rings. The van der Waals surface area contributed by atoms with E-state index in [0.717, 1.165) is 37.6 Å². The molecule has 0 bridgehead atoms. The highest BCUT2D eigenvalue weighted by Crippen LogP contribution is 2.21. The quantitative estimate of drug-likeness (QED) is 0.754. The lowest BCUT2D eigenvalue weighted by molar-refractivity contribution is 0.00595. The first-order valence-electron chi connectivity index (χ1n) is 7.99. The molecule has 124 valence electrons. The zero-order valence-corrected chi connectivity index (χ0v) is 13.7. The predicted molar refractivity (Wildman–Crippen MR) is 87.0 cm³/mol. The molecule has 1 saturated heterocycles. The van der Waals surface area contributed by atoms with E-state index in [1.54, 1.807) is 11.8 Å². The lowest BCUT2D eigenvalue weighted by Gasteiger charge is -2.32. The number of ether oxygens (including phenoxy) is 2. The van der Waals surface area contributed by atoms with Crippen molar-refractivity contribution in [3.8, 4) is 5.69 Å². The van der Waals surface area contributed by atoms with Crippen molar-refractivity contribution >= 4 is 5.95 Å². The minimum Gasteiger partial charge on any atom is -0.382 e. The van der Waals surface area contributed by atoms with Crippen LogP contribution in [-0.2, 0) is 9.47 Å². The van der Waals surface area contributed by atoms with Crippen molar-refractivity contribution in [1.29, 1.82) is 0 Å². The summed E-state index contributed by atoms with van der Waals surface area (Å²) in [6, 6.07) is 8.21. The summed E-state index contributed by atoms with van der Waals surface area (Å²) in [5.74, 6) is 0.796. The van der Waals surface area contributed by atoms with Gasteiger partial charge in [0, 0.05) is 20.2 Å². The molecule has 7 nitrogen and oxygen atoms in total. The lowest BCUT2D eigenvalue weighted by Crippen LogP contribution is -2.38. The third kappa shape index (κ3) is 3.86. The van der Waals surface area contributed by atoms with E-state index >= 15 is 0 Å². The van der Waals surface area contributed by atoms with Gasteiger partial charge in [0.1, 0.15) is 0 Å². The molecule has 2 aromatic rings. The van der Waals surface area contributed by atoms with Crippen molar-refractivity contribution in [1.82, 2.24) is 20.2 Å². The van der Waals surface area contributed by atoms with Crippen molar-refractivity contribution in [2.75, 3.05) is 38.3 Å². The molecular formula is C16H23N5O2. The molecule has 0 atom stereocenters. The van der Waals surface area contributed by atoms with Crippen LogP contribution >= 0.6 is 0 Å². The molecule has 23 heavy (non-hydrogen) atoms. The summed E-state index contributed by atoms with van der Waals surface area (Å²) in [4.78, 5) is 2.22. The Balaban J connectivity index is 1.63. The van der Waals surface area contributed by atoms with Gasteiger partial charge in [0.2, 0.25) is 5.95 Å². The van der Waals surface area contributed by atoms with Gasteiger partial charge in [-0.1, -0.05) is 22.8 Å². The number of tetrazole rings is 1. The molecule has 7 heteroatoms. The highest BCUT2D eigenvalue weighted by atomic mass is 16.5. The first kappa shape index (κ1) is 15.9. The standard InChI is InChI=1S/C16H23N5O2/c1-13-3-5-14(6-4-13)21-16(17-18-19-21)20-9-7-15(8-10-20)23-12-11-22-2/h3-6,15H,7-12H2,1-2H3. The van der Waals surface area contributed by atoms with Crippen molar-refractivity contribution in [2.45, 2.75) is 25.9 Å². The Labute approximate surface area is 136 Å². The van der Waals surface area contributed by atoms with Gasteiger partial charge in [-0.25, -0.2) is 0 Å². The summed E-state index contributed by atoms with van der Waals surface area (Å²) >= 11 is 0. The highest BCUT2D eigenvalue weighted by molar-refractivity contribution is 5.41. The minimum atomic E-state index is 0.296. The first-order chi connectivity index (χ1) is 11.3. The molecule has 0 saturated carbocycles. The van der Waals surface area contributed by atoms with Gasteiger partial charge in [-0.3, -0.25) is 0 Å². The van der Waals surface area contributed by atoms with Crippen LogP contribution < -0.4 is 4.90 Å². The fraction of sp³-hybridized carbons (Fsp3) is 0.562. The van der Waals surface area contributed by atoms with Crippen molar-refractivity contribution < 1.29 is 9.47 Å².